The minimum atomic E-state index is 0.207. The summed E-state index contributed by atoms with van der Waals surface area (Å²) in [4.78, 5) is 8.71. The van der Waals surface area contributed by atoms with Crippen molar-refractivity contribution in [3.8, 4) is 28.8 Å². The number of hydrogen-bond acceptors (Lipinski definition) is 5. The highest BCUT2D eigenvalue weighted by Crippen LogP contribution is 2.38. The van der Waals surface area contributed by atoms with Crippen LogP contribution in [0.2, 0.25) is 0 Å². The second kappa shape index (κ2) is 4.82. The lowest BCUT2D eigenvalue weighted by molar-refractivity contribution is 0.174. The van der Waals surface area contributed by atoms with Crippen molar-refractivity contribution in [2.24, 2.45) is 0 Å². The first kappa shape index (κ1) is 12.4. The van der Waals surface area contributed by atoms with Crippen LogP contribution in [0.4, 0.5) is 0 Å². The molecule has 0 unspecified atom stereocenters. The van der Waals surface area contributed by atoms with Gasteiger partial charge in [-0.3, -0.25) is 0 Å². The summed E-state index contributed by atoms with van der Waals surface area (Å²) in [6, 6.07) is 7.85. The monoisotopic (exact) mass is 267 g/mol. The molecule has 1 aliphatic rings. The molecule has 1 aliphatic heterocycles. The number of benzene rings is 1. The molecule has 0 bridgehead atoms. The van der Waals surface area contributed by atoms with Crippen LogP contribution in [0.5, 0.6) is 11.5 Å². The molecule has 0 N–H and O–H groups in total. The van der Waals surface area contributed by atoms with E-state index in [2.05, 4.69) is 16.0 Å². The molecule has 0 radical (unpaired) electrons. The van der Waals surface area contributed by atoms with Gasteiger partial charge in [0.1, 0.15) is 5.82 Å². The van der Waals surface area contributed by atoms with Crippen molar-refractivity contribution in [1.82, 2.24) is 9.97 Å². The lowest BCUT2D eigenvalue weighted by Gasteiger charge is -2.09. The van der Waals surface area contributed by atoms with Crippen LogP contribution in [0, 0.1) is 25.2 Å². The van der Waals surface area contributed by atoms with Crippen molar-refractivity contribution in [3.05, 3.63) is 35.3 Å². The van der Waals surface area contributed by atoms with Gasteiger partial charge in [0, 0.05) is 11.3 Å². The number of aryl methyl sites for hydroxylation is 2. The smallest absolute Gasteiger partial charge is 0.231 e. The SMILES string of the molecule is Cc1cc(-c2cc3c(cc2C)OCO3)nc(CC#N)n1. The van der Waals surface area contributed by atoms with Crippen LogP contribution < -0.4 is 9.47 Å². The molecule has 1 aromatic heterocycles. The number of fused-ring (bicyclic) bond motifs is 1. The Morgan fingerprint density at radius 2 is 1.90 bits per heavy atom. The molecule has 0 atom stereocenters. The van der Waals surface area contributed by atoms with Crippen LogP contribution >= 0.6 is 0 Å². The fourth-order valence-corrected chi connectivity index (χ4v) is 2.24. The maximum atomic E-state index is 8.79. The zero-order valence-electron chi connectivity index (χ0n) is 11.3. The normalized spacial score (nSPS) is 12.2. The molecular weight excluding hydrogens is 254 g/mol. The third-order valence-electron chi connectivity index (χ3n) is 3.13. The number of ether oxygens (including phenoxy) is 2. The van der Waals surface area contributed by atoms with Crippen molar-refractivity contribution < 1.29 is 9.47 Å². The second-order valence-corrected chi connectivity index (χ2v) is 4.67. The molecule has 3 rings (SSSR count). The molecule has 0 aliphatic carbocycles. The number of rotatable bonds is 2. The van der Waals surface area contributed by atoms with E-state index in [1.165, 1.54) is 0 Å². The summed E-state index contributed by atoms with van der Waals surface area (Å²) in [6.45, 7) is 4.15. The minimum absolute atomic E-state index is 0.207. The molecule has 2 heterocycles. The van der Waals surface area contributed by atoms with E-state index in [1.54, 1.807) is 0 Å². The van der Waals surface area contributed by atoms with Gasteiger partial charge >= 0.3 is 0 Å². The van der Waals surface area contributed by atoms with E-state index in [4.69, 9.17) is 14.7 Å². The topological polar surface area (TPSA) is 68.0 Å². The van der Waals surface area contributed by atoms with Gasteiger partial charge in [-0.05, 0) is 37.6 Å². The zero-order valence-corrected chi connectivity index (χ0v) is 11.3. The highest BCUT2D eigenvalue weighted by molar-refractivity contribution is 5.68. The quantitative estimate of drug-likeness (QED) is 0.836. The Morgan fingerprint density at radius 1 is 1.15 bits per heavy atom. The van der Waals surface area contributed by atoms with Crippen molar-refractivity contribution in [2.45, 2.75) is 20.3 Å². The predicted molar refractivity (Wildman–Crippen MR) is 72.4 cm³/mol. The fourth-order valence-electron chi connectivity index (χ4n) is 2.24. The van der Waals surface area contributed by atoms with Crippen LogP contribution in [0.25, 0.3) is 11.3 Å². The molecule has 100 valence electrons. The molecule has 1 aromatic carbocycles. The Hall–Kier alpha value is -2.61. The van der Waals surface area contributed by atoms with Crippen LogP contribution in [0.15, 0.2) is 18.2 Å². The highest BCUT2D eigenvalue weighted by atomic mass is 16.7. The molecule has 20 heavy (non-hydrogen) atoms. The molecule has 0 fully saturated rings. The fraction of sp³-hybridized carbons (Fsp3) is 0.267. The Balaban J connectivity index is 2.11. The standard InChI is InChI=1S/C15H13N3O2/c1-9-5-13-14(20-8-19-13)7-11(9)12-6-10(2)17-15(18-12)3-4-16/h5-7H,3,8H2,1-2H3. The average Bonchev–Trinajstić information content (AvgIpc) is 2.84. The predicted octanol–water partition coefficient (Wildman–Crippen LogP) is 2.56. The van der Waals surface area contributed by atoms with Gasteiger partial charge in [0.25, 0.3) is 0 Å². The van der Waals surface area contributed by atoms with E-state index < -0.39 is 0 Å². The third-order valence-corrected chi connectivity index (χ3v) is 3.13. The van der Waals surface area contributed by atoms with E-state index >= 15 is 0 Å². The van der Waals surface area contributed by atoms with Gasteiger partial charge < -0.3 is 9.47 Å². The molecule has 0 spiro atoms. The maximum Gasteiger partial charge on any atom is 0.231 e. The number of nitriles is 1. The van der Waals surface area contributed by atoms with Crippen LogP contribution in [-0.4, -0.2) is 16.8 Å². The summed E-state index contributed by atoms with van der Waals surface area (Å²) < 4.78 is 10.8. The van der Waals surface area contributed by atoms with E-state index in [9.17, 15) is 0 Å². The summed E-state index contributed by atoms with van der Waals surface area (Å²) in [5.74, 6) is 2.03. The van der Waals surface area contributed by atoms with Crippen LogP contribution in [0.1, 0.15) is 17.1 Å². The van der Waals surface area contributed by atoms with Crippen molar-refractivity contribution in [1.29, 1.82) is 5.26 Å². The summed E-state index contributed by atoms with van der Waals surface area (Å²) in [5, 5.41) is 8.79. The van der Waals surface area contributed by atoms with Crippen molar-refractivity contribution >= 4 is 0 Å². The molecule has 5 heteroatoms. The van der Waals surface area contributed by atoms with Gasteiger partial charge in [-0.25, -0.2) is 9.97 Å². The average molecular weight is 267 g/mol. The van der Waals surface area contributed by atoms with Gasteiger partial charge in [0.05, 0.1) is 18.2 Å². The van der Waals surface area contributed by atoms with Gasteiger partial charge in [0.2, 0.25) is 6.79 Å². The lowest BCUT2D eigenvalue weighted by Crippen LogP contribution is -1.99. The number of hydrogen-bond donors (Lipinski definition) is 0. The Kier molecular flexibility index (Phi) is 2.99. The highest BCUT2D eigenvalue weighted by Gasteiger charge is 2.17. The van der Waals surface area contributed by atoms with E-state index in [-0.39, 0.29) is 13.2 Å². The van der Waals surface area contributed by atoms with Crippen LogP contribution in [-0.2, 0) is 6.42 Å². The Morgan fingerprint density at radius 3 is 2.65 bits per heavy atom. The third kappa shape index (κ3) is 2.16. The van der Waals surface area contributed by atoms with Gasteiger partial charge in [-0.2, -0.15) is 5.26 Å². The summed E-state index contributed by atoms with van der Waals surface area (Å²) in [7, 11) is 0. The van der Waals surface area contributed by atoms with E-state index in [0.717, 1.165) is 34.0 Å². The molecular formula is C15H13N3O2. The van der Waals surface area contributed by atoms with E-state index in [0.29, 0.717) is 5.82 Å². The van der Waals surface area contributed by atoms with Crippen molar-refractivity contribution in [2.75, 3.05) is 6.79 Å². The largest absolute Gasteiger partial charge is 0.454 e. The Bertz CT molecular complexity index is 720. The molecule has 0 saturated heterocycles. The summed E-state index contributed by atoms with van der Waals surface area (Å²) >= 11 is 0. The molecule has 0 saturated carbocycles. The molecule has 0 amide bonds. The van der Waals surface area contributed by atoms with Crippen LogP contribution in [0.3, 0.4) is 0 Å². The summed E-state index contributed by atoms with van der Waals surface area (Å²) in [6.07, 6.45) is 0.207. The van der Waals surface area contributed by atoms with Gasteiger partial charge in [0.15, 0.2) is 11.5 Å². The Labute approximate surface area is 116 Å². The first-order valence-electron chi connectivity index (χ1n) is 6.29. The first-order chi connectivity index (χ1) is 9.67. The number of aromatic nitrogens is 2. The maximum absolute atomic E-state index is 8.79. The molecule has 5 nitrogen and oxygen atoms in total. The lowest BCUT2D eigenvalue weighted by atomic mass is 10.0. The number of nitrogens with zero attached hydrogens (tertiary/aromatic N) is 3. The first-order valence-corrected chi connectivity index (χ1v) is 6.29. The summed E-state index contributed by atoms with van der Waals surface area (Å²) in [5.41, 5.74) is 3.67. The van der Waals surface area contributed by atoms with Crippen molar-refractivity contribution in [3.63, 3.8) is 0 Å². The van der Waals surface area contributed by atoms with E-state index in [1.807, 2.05) is 32.0 Å². The van der Waals surface area contributed by atoms with Gasteiger partial charge in [-0.15, -0.1) is 0 Å². The minimum Gasteiger partial charge on any atom is -0.454 e. The second-order valence-electron chi connectivity index (χ2n) is 4.67. The zero-order chi connectivity index (χ0) is 14.1. The molecule has 2 aromatic rings. The van der Waals surface area contributed by atoms with Gasteiger partial charge in [-0.1, -0.05) is 0 Å².